The Bertz CT molecular complexity index is 711. The van der Waals surface area contributed by atoms with Crippen LogP contribution in [0.4, 0.5) is 4.39 Å². The molecule has 3 rings (SSSR count). The summed E-state index contributed by atoms with van der Waals surface area (Å²) in [4.78, 5) is 18.7. The van der Waals surface area contributed by atoms with Crippen molar-refractivity contribution in [2.45, 2.75) is 39.5 Å². The van der Waals surface area contributed by atoms with Gasteiger partial charge in [-0.25, -0.2) is 4.39 Å². The number of nitrogens with zero attached hydrogens (tertiary/aromatic N) is 3. The average molecular weight is 331 g/mol. The molecular weight excluding hydrogens is 309 g/mol. The maximum Gasteiger partial charge on any atom is 0.230 e. The fourth-order valence-electron chi connectivity index (χ4n) is 2.92. The van der Waals surface area contributed by atoms with Crippen LogP contribution < -0.4 is 0 Å². The highest BCUT2D eigenvalue weighted by Gasteiger charge is 2.32. The van der Waals surface area contributed by atoms with E-state index in [1.165, 1.54) is 12.1 Å². The lowest BCUT2D eigenvalue weighted by Gasteiger charge is -2.34. The van der Waals surface area contributed by atoms with Gasteiger partial charge in [-0.2, -0.15) is 4.98 Å². The van der Waals surface area contributed by atoms with Crippen LogP contribution in [0.2, 0.25) is 0 Å². The van der Waals surface area contributed by atoms with Crippen molar-refractivity contribution < 1.29 is 13.7 Å². The smallest absolute Gasteiger partial charge is 0.230 e. The van der Waals surface area contributed by atoms with E-state index in [9.17, 15) is 9.18 Å². The minimum absolute atomic E-state index is 0.163. The van der Waals surface area contributed by atoms with Crippen LogP contribution in [0.3, 0.4) is 0 Å². The molecule has 5 nitrogen and oxygen atoms in total. The summed E-state index contributed by atoms with van der Waals surface area (Å²) in [6, 6.07) is 6.02. The van der Waals surface area contributed by atoms with Crippen LogP contribution in [0, 0.1) is 11.2 Å². The van der Waals surface area contributed by atoms with Gasteiger partial charge < -0.3 is 9.42 Å². The van der Waals surface area contributed by atoms with Gasteiger partial charge in [-0.1, -0.05) is 25.9 Å². The Balaban J connectivity index is 1.65. The Morgan fingerprint density at radius 1 is 1.21 bits per heavy atom. The number of aromatic nitrogens is 2. The lowest BCUT2D eigenvalue weighted by atomic mass is 9.91. The molecule has 2 heterocycles. The second-order valence-corrected chi connectivity index (χ2v) is 7.28. The van der Waals surface area contributed by atoms with Gasteiger partial charge in [0.15, 0.2) is 0 Å². The SMILES string of the molecule is CC(C)(C)C(=O)N1CCC(c2nc(-c3ccc(F)cc3)no2)CC1. The van der Waals surface area contributed by atoms with Crippen molar-refractivity contribution in [3.05, 3.63) is 36.0 Å². The molecule has 1 fully saturated rings. The van der Waals surface area contributed by atoms with E-state index in [0.29, 0.717) is 24.8 Å². The number of hydrogen-bond donors (Lipinski definition) is 0. The monoisotopic (exact) mass is 331 g/mol. The summed E-state index contributed by atoms with van der Waals surface area (Å²) >= 11 is 0. The number of amides is 1. The molecule has 2 aromatic rings. The van der Waals surface area contributed by atoms with Crippen LogP contribution in [0.1, 0.15) is 45.4 Å². The zero-order valence-electron chi connectivity index (χ0n) is 14.3. The molecule has 0 atom stereocenters. The summed E-state index contributed by atoms with van der Waals surface area (Å²) in [6.07, 6.45) is 1.62. The van der Waals surface area contributed by atoms with Crippen molar-refractivity contribution in [2.24, 2.45) is 5.41 Å². The van der Waals surface area contributed by atoms with Gasteiger partial charge in [0.2, 0.25) is 17.6 Å². The molecule has 128 valence electrons. The summed E-state index contributed by atoms with van der Waals surface area (Å²) in [5.74, 6) is 1.11. The number of rotatable bonds is 2. The van der Waals surface area contributed by atoms with Gasteiger partial charge in [0.1, 0.15) is 5.82 Å². The second-order valence-electron chi connectivity index (χ2n) is 7.28. The Morgan fingerprint density at radius 2 is 1.83 bits per heavy atom. The number of likely N-dealkylation sites (tertiary alicyclic amines) is 1. The highest BCUT2D eigenvalue weighted by molar-refractivity contribution is 5.81. The van der Waals surface area contributed by atoms with Crippen molar-refractivity contribution in [1.29, 1.82) is 0 Å². The number of halogens is 1. The lowest BCUT2D eigenvalue weighted by molar-refractivity contribution is -0.140. The average Bonchev–Trinajstić information content (AvgIpc) is 3.04. The predicted molar refractivity (Wildman–Crippen MR) is 87.7 cm³/mol. The van der Waals surface area contributed by atoms with E-state index in [-0.39, 0.29) is 23.1 Å². The van der Waals surface area contributed by atoms with E-state index >= 15 is 0 Å². The fourth-order valence-corrected chi connectivity index (χ4v) is 2.92. The Kier molecular flexibility index (Phi) is 4.39. The minimum Gasteiger partial charge on any atom is -0.342 e. The summed E-state index contributed by atoms with van der Waals surface area (Å²) in [7, 11) is 0. The van der Waals surface area contributed by atoms with E-state index in [4.69, 9.17) is 4.52 Å². The molecule has 1 amide bonds. The maximum absolute atomic E-state index is 13.0. The number of piperidine rings is 1. The maximum atomic E-state index is 13.0. The molecule has 0 spiro atoms. The van der Waals surface area contributed by atoms with Crippen LogP contribution >= 0.6 is 0 Å². The van der Waals surface area contributed by atoms with Gasteiger partial charge in [0, 0.05) is 30.0 Å². The van der Waals surface area contributed by atoms with E-state index in [2.05, 4.69) is 10.1 Å². The van der Waals surface area contributed by atoms with Crippen LogP contribution in [-0.2, 0) is 4.79 Å². The van der Waals surface area contributed by atoms with Crippen LogP contribution in [0.25, 0.3) is 11.4 Å². The van der Waals surface area contributed by atoms with Gasteiger partial charge >= 0.3 is 0 Å². The fraction of sp³-hybridized carbons (Fsp3) is 0.500. The Labute approximate surface area is 140 Å². The second kappa shape index (κ2) is 6.34. The third-order valence-electron chi connectivity index (χ3n) is 4.32. The highest BCUT2D eigenvalue weighted by Crippen LogP contribution is 2.30. The largest absolute Gasteiger partial charge is 0.342 e. The molecule has 1 aromatic heterocycles. The molecule has 1 aromatic carbocycles. The van der Waals surface area contributed by atoms with Crippen LogP contribution in [0.5, 0.6) is 0 Å². The third kappa shape index (κ3) is 3.47. The first-order valence-corrected chi connectivity index (χ1v) is 8.23. The highest BCUT2D eigenvalue weighted by atomic mass is 19.1. The van der Waals surface area contributed by atoms with Crippen molar-refractivity contribution in [1.82, 2.24) is 15.0 Å². The Morgan fingerprint density at radius 3 is 2.42 bits per heavy atom. The third-order valence-corrected chi connectivity index (χ3v) is 4.32. The van der Waals surface area contributed by atoms with E-state index in [1.807, 2.05) is 25.7 Å². The van der Waals surface area contributed by atoms with Crippen molar-refractivity contribution >= 4 is 5.91 Å². The first-order valence-electron chi connectivity index (χ1n) is 8.23. The van der Waals surface area contributed by atoms with Gasteiger partial charge in [-0.3, -0.25) is 4.79 Å². The zero-order chi connectivity index (χ0) is 17.3. The van der Waals surface area contributed by atoms with Gasteiger partial charge in [0.05, 0.1) is 0 Å². The standard InChI is InChI=1S/C18H22FN3O2/c1-18(2,3)17(23)22-10-8-13(9-11-22)16-20-15(21-24-16)12-4-6-14(19)7-5-12/h4-7,13H,8-11H2,1-3H3. The van der Waals surface area contributed by atoms with E-state index in [0.717, 1.165) is 18.4 Å². The van der Waals surface area contributed by atoms with E-state index < -0.39 is 0 Å². The van der Waals surface area contributed by atoms with Crippen LogP contribution in [0.15, 0.2) is 28.8 Å². The van der Waals surface area contributed by atoms with Crippen molar-refractivity contribution in [3.63, 3.8) is 0 Å². The van der Waals surface area contributed by atoms with E-state index in [1.54, 1.807) is 12.1 Å². The number of carbonyl (C=O) groups excluding carboxylic acids is 1. The summed E-state index contributed by atoms with van der Waals surface area (Å²) in [5, 5.41) is 4.00. The first kappa shape index (κ1) is 16.6. The summed E-state index contributed by atoms with van der Waals surface area (Å²) in [6.45, 7) is 7.22. The molecule has 6 heteroatoms. The number of hydrogen-bond acceptors (Lipinski definition) is 4. The molecule has 0 aliphatic carbocycles. The quantitative estimate of drug-likeness (QED) is 0.843. The van der Waals surface area contributed by atoms with Gasteiger partial charge in [-0.05, 0) is 37.1 Å². The Hall–Kier alpha value is -2.24. The summed E-state index contributed by atoms with van der Waals surface area (Å²) < 4.78 is 18.4. The molecule has 0 bridgehead atoms. The van der Waals surface area contributed by atoms with Gasteiger partial charge in [-0.15, -0.1) is 0 Å². The molecule has 0 saturated carbocycles. The number of carbonyl (C=O) groups is 1. The normalized spacial score (nSPS) is 16.4. The molecule has 0 N–H and O–H groups in total. The predicted octanol–water partition coefficient (Wildman–Crippen LogP) is 3.63. The lowest BCUT2D eigenvalue weighted by Crippen LogP contribution is -2.43. The van der Waals surface area contributed by atoms with Crippen molar-refractivity contribution in [2.75, 3.05) is 13.1 Å². The molecule has 24 heavy (non-hydrogen) atoms. The zero-order valence-corrected chi connectivity index (χ0v) is 14.3. The van der Waals surface area contributed by atoms with Crippen LogP contribution in [-0.4, -0.2) is 34.0 Å². The van der Waals surface area contributed by atoms with Gasteiger partial charge in [0.25, 0.3) is 0 Å². The molecule has 1 saturated heterocycles. The topological polar surface area (TPSA) is 59.2 Å². The molecule has 1 aliphatic rings. The van der Waals surface area contributed by atoms with Crippen molar-refractivity contribution in [3.8, 4) is 11.4 Å². The first-order chi connectivity index (χ1) is 11.3. The number of benzene rings is 1. The summed E-state index contributed by atoms with van der Waals surface area (Å²) in [5.41, 5.74) is 0.374. The molecule has 0 unspecified atom stereocenters. The minimum atomic E-state index is -0.354. The molecule has 1 aliphatic heterocycles. The molecule has 0 radical (unpaired) electrons. The molecular formula is C18H22FN3O2.